The van der Waals surface area contributed by atoms with E-state index in [0.717, 1.165) is 19.4 Å². The van der Waals surface area contributed by atoms with Gasteiger partial charge in [-0.15, -0.1) is 0 Å². The maximum Gasteiger partial charge on any atom is 0.111 e. The van der Waals surface area contributed by atoms with Crippen molar-refractivity contribution in [2.24, 2.45) is 0 Å². The summed E-state index contributed by atoms with van der Waals surface area (Å²) < 4.78 is 0. The Hall–Kier alpha value is -1.00. The molecule has 15 heavy (non-hydrogen) atoms. The summed E-state index contributed by atoms with van der Waals surface area (Å²) in [5.74, 6) is 0. The van der Waals surface area contributed by atoms with Gasteiger partial charge in [0.1, 0.15) is 5.60 Å². The first-order valence-corrected chi connectivity index (χ1v) is 5.48. The number of nitrogens with zero attached hydrogens (tertiary/aromatic N) is 2. The van der Waals surface area contributed by atoms with Crippen LogP contribution in [0.15, 0.2) is 18.3 Å². The van der Waals surface area contributed by atoms with Crippen molar-refractivity contribution in [3.05, 3.63) is 24.0 Å². The van der Waals surface area contributed by atoms with E-state index < -0.39 is 5.60 Å². The van der Waals surface area contributed by atoms with Gasteiger partial charge in [0.15, 0.2) is 0 Å². The minimum atomic E-state index is -0.791. The molecule has 2 unspecified atom stereocenters. The van der Waals surface area contributed by atoms with Crippen molar-refractivity contribution >= 4 is 0 Å². The Balaban J connectivity index is 2.19. The Kier molecular flexibility index (Phi) is 2.98. The molecule has 4 nitrogen and oxygen atoms in total. The molecule has 0 saturated carbocycles. The number of aliphatic hydroxyl groups is 1. The third-order valence-corrected chi connectivity index (χ3v) is 3.10. The first-order chi connectivity index (χ1) is 7.24. The maximum atomic E-state index is 10.5. The average molecular weight is 207 g/mol. The van der Waals surface area contributed by atoms with E-state index in [4.69, 9.17) is 0 Å². The number of aromatic nitrogens is 2. The second-order valence-electron chi connectivity index (χ2n) is 4.15. The topological polar surface area (TPSA) is 58.0 Å². The molecule has 1 aromatic heterocycles. The fraction of sp³-hybridized carbons (Fsp3) is 0.636. The highest BCUT2D eigenvalue weighted by Crippen LogP contribution is 2.31. The van der Waals surface area contributed by atoms with E-state index in [0.29, 0.717) is 18.2 Å². The Labute approximate surface area is 89.7 Å². The molecule has 0 bridgehead atoms. The quantitative estimate of drug-likeness (QED) is 0.754. The van der Waals surface area contributed by atoms with E-state index in [9.17, 15) is 5.11 Å². The molecule has 0 radical (unpaired) electrons. The lowest BCUT2D eigenvalue weighted by Gasteiger charge is -2.36. The van der Waals surface area contributed by atoms with Gasteiger partial charge in [0.05, 0.1) is 5.69 Å². The van der Waals surface area contributed by atoms with Crippen LogP contribution in [0.1, 0.15) is 31.9 Å². The van der Waals surface area contributed by atoms with Crippen LogP contribution in [0.3, 0.4) is 0 Å². The molecule has 0 spiro atoms. The highest BCUT2D eigenvalue weighted by molar-refractivity contribution is 5.12. The molecule has 2 heterocycles. The van der Waals surface area contributed by atoms with Crippen LogP contribution in [0, 0.1) is 0 Å². The van der Waals surface area contributed by atoms with Crippen LogP contribution in [-0.2, 0) is 5.60 Å². The van der Waals surface area contributed by atoms with E-state index in [1.807, 2.05) is 12.1 Å². The van der Waals surface area contributed by atoms with Crippen molar-refractivity contribution in [2.45, 2.75) is 37.8 Å². The summed E-state index contributed by atoms with van der Waals surface area (Å²) in [4.78, 5) is 0. The van der Waals surface area contributed by atoms with Gasteiger partial charge in [0, 0.05) is 12.2 Å². The molecular formula is C11H17N3O. The summed E-state index contributed by atoms with van der Waals surface area (Å²) >= 11 is 0. The van der Waals surface area contributed by atoms with Crippen molar-refractivity contribution in [3.8, 4) is 0 Å². The zero-order chi connectivity index (χ0) is 10.7. The third kappa shape index (κ3) is 2.16. The standard InChI is InChI=1S/C11H17N3O/c1-2-9-8-11(15,5-7-12-9)10-4-3-6-13-14-10/h3-4,6,9,12,15H,2,5,7-8H2,1H3. The fourth-order valence-corrected chi connectivity index (χ4v) is 2.14. The predicted molar refractivity (Wildman–Crippen MR) is 57.2 cm³/mol. The highest BCUT2D eigenvalue weighted by Gasteiger charge is 2.36. The van der Waals surface area contributed by atoms with E-state index >= 15 is 0 Å². The van der Waals surface area contributed by atoms with Gasteiger partial charge < -0.3 is 10.4 Å². The molecule has 0 amide bonds. The van der Waals surface area contributed by atoms with E-state index in [1.54, 1.807) is 6.20 Å². The Bertz CT molecular complexity index is 317. The molecule has 2 N–H and O–H groups in total. The fourth-order valence-electron chi connectivity index (χ4n) is 2.14. The lowest BCUT2D eigenvalue weighted by molar-refractivity contribution is -0.0140. The summed E-state index contributed by atoms with van der Waals surface area (Å²) in [6.45, 7) is 2.96. The number of hydrogen-bond donors (Lipinski definition) is 2. The van der Waals surface area contributed by atoms with Gasteiger partial charge in [0.2, 0.25) is 0 Å². The first-order valence-electron chi connectivity index (χ1n) is 5.48. The van der Waals surface area contributed by atoms with Crippen LogP contribution in [0.4, 0.5) is 0 Å². The van der Waals surface area contributed by atoms with Crippen LogP contribution in [-0.4, -0.2) is 27.9 Å². The SMILES string of the molecule is CCC1CC(O)(c2cccnn2)CCN1. The second-order valence-corrected chi connectivity index (χ2v) is 4.15. The van der Waals surface area contributed by atoms with E-state index in [-0.39, 0.29) is 0 Å². The number of rotatable bonds is 2. The Morgan fingerprint density at radius 1 is 1.67 bits per heavy atom. The molecule has 2 atom stereocenters. The highest BCUT2D eigenvalue weighted by atomic mass is 16.3. The lowest BCUT2D eigenvalue weighted by Crippen LogP contribution is -2.46. The van der Waals surface area contributed by atoms with Crippen LogP contribution >= 0.6 is 0 Å². The molecule has 0 aliphatic carbocycles. The molecule has 1 aliphatic heterocycles. The second kappa shape index (κ2) is 4.24. The summed E-state index contributed by atoms with van der Waals surface area (Å²) in [5.41, 5.74) is -0.0925. The Morgan fingerprint density at radius 3 is 3.20 bits per heavy atom. The smallest absolute Gasteiger partial charge is 0.111 e. The number of piperidine rings is 1. The van der Waals surface area contributed by atoms with Crippen LogP contribution in [0.5, 0.6) is 0 Å². The minimum absolute atomic E-state index is 0.380. The van der Waals surface area contributed by atoms with Crippen molar-refractivity contribution in [2.75, 3.05) is 6.54 Å². The van der Waals surface area contributed by atoms with Gasteiger partial charge in [-0.3, -0.25) is 0 Å². The van der Waals surface area contributed by atoms with Crippen molar-refractivity contribution in [1.82, 2.24) is 15.5 Å². The largest absolute Gasteiger partial charge is 0.383 e. The zero-order valence-corrected chi connectivity index (χ0v) is 8.98. The molecule has 1 saturated heterocycles. The van der Waals surface area contributed by atoms with Gasteiger partial charge in [-0.2, -0.15) is 10.2 Å². The molecule has 4 heteroatoms. The molecule has 82 valence electrons. The van der Waals surface area contributed by atoms with Crippen molar-refractivity contribution < 1.29 is 5.11 Å². The minimum Gasteiger partial charge on any atom is -0.383 e. The molecule has 1 fully saturated rings. The third-order valence-electron chi connectivity index (χ3n) is 3.10. The van der Waals surface area contributed by atoms with E-state index in [1.165, 1.54) is 0 Å². The van der Waals surface area contributed by atoms with Gasteiger partial charge in [-0.05, 0) is 37.9 Å². The molecule has 1 aliphatic rings. The van der Waals surface area contributed by atoms with Crippen molar-refractivity contribution in [3.63, 3.8) is 0 Å². The zero-order valence-electron chi connectivity index (χ0n) is 8.98. The van der Waals surface area contributed by atoms with Crippen LogP contribution < -0.4 is 5.32 Å². The van der Waals surface area contributed by atoms with Gasteiger partial charge >= 0.3 is 0 Å². The Morgan fingerprint density at radius 2 is 2.53 bits per heavy atom. The van der Waals surface area contributed by atoms with Gasteiger partial charge in [-0.1, -0.05) is 6.92 Å². The number of hydrogen-bond acceptors (Lipinski definition) is 4. The normalized spacial score (nSPS) is 31.5. The molecular weight excluding hydrogens is 190 g/mol. The van der Waals surface area contributed by atoms with Gasteiger partial charge in [0.25, 0.3) is 0 Å². The average Bonchev–Trinajstić information content (AvgIpc) is 2.30. The maximum absolute atomic E-state index is 10.5. The summed E-state index contributed by atoms with van der Waals surface area (Å²) in [7, 11) is 0. The molecule has 2 rings (SSSR count). The summed E-state index contributed by atoms with van der Waals surface area (Å²) in [5, 5.41) is 21.7. The first kappa shape index (κ1) is 10.5. The van der Waals surface area contributed by atoms with Gasteiger partial charge in [-0.25, -0.2) is 0 Å². The summed E-state index contributed by atoms with van der Waals surface area (Å²) in [6.07, 6.45) is 4.10. The predicted octanol–water partition coefficient (Wildman–Crippen LogP) is 0.826. The van der Waals surface area contributed by atoms with Crippen LogP contribution in [0.25, 0.3) is 0 Å². The monoisotopic (exact) mass is 207 g/mol. The molecule has 1 aromatic rings. The molecule has 0 aromatic carbocycles. The summed E-state index contributed by atoms with van der Waals surface area (Å²) in [6, 6.07) is 4.06. The lowest BCUT2D eigenvalue weighted by atomic mass is 9.84. The van der Waals surface area contributed by atoms with Crippen molar-refractivity contribution in [1.29, 1.82) is 0 Å². The van der Waals surface area contributed by atoms with E-state index in [2.05, 4.69) is 22.4 Å². The van der Waals surface area contributed by atoms with Crippen LogP contribution in [0.2, 0.25) is 0 Å². The number of nitrogens with one attached hydrogen (secondary N) is 1.